The van der Waals surface area contributed by atoms with E-state index in [1.807, 2.05) is 0 Å². The molecule has 0 spiro atoms. The van der Waals surface area contributed by atoms with Crippen molar-refractivity contribution in [2.45, 2.75) is 71.8 Å². The van der Waals surface area contributed by atoms with E-state index in [2.05, 4.69) is 61.8 Å². The number of anilines is 1. The van der Waals surface area contributed by atoms with Crippen molar-refractivity contribution in [3.05, 3.63) is 29.8 Å². The first-order valence-electron chi connectivity index (χ1n) is 11.5. The van der Waals surface area contributed by atoms with E-state index < -0.39 is 0 Å². The Hall–Kier alpha value is -1.06. The topological polar surface area (TPSA) is 15.7 Å². The number of rotatable bonds is 3. The number of benzene rings is 1. The molecule has 0 N–H and O–H groups in total. The summed E-state index contributed by atoms with van der Waals surface area (Å²) in [5.74, 6) is 0.684. The third-order valence-corrected chi connectivity index (χ3v) is 7.29. The molecule has 2 saturated heterocycles. The third kappa shape index (κ3) is 4.57. The van der Waals surface area contributed by atoms with Crippen LogP contribution in [0.4, 0.5) is 5.69 Å². The van der Waals surface area contributed by atoms with Crippen LogP contribution in [0, 0.1) is 10.8 Å². The molecule has 156 valence electrons. The molecule has 28 heavy (non-hydrogen) atoms. The quantitative estimate of drug-likeness (QED) is 0.702. The van der Waals surface area contributed by atoms with Crippen LogP contribution in [0.1, 0.15) is 71.3 Å². The van der Waals surface area contributed by atoms with Crippen LogP contribution in [0.3, 0.4) is 0 Å². The van der Waals surface area contributed by atoms with Gasteiger partial charge in [-0.05, 0) is 60.5 Å². The molecular formula is C25H40N2O. The molecular weight excluding hydrogens is 344 g/mol. The van der Waals surface area contributed by atoms with Crippen LogP contribution in [0.5, 0.6) is 0 Å². The maximum atomic E-state index is 5.56. The Morgan fingerprint density at radius 1 is 0.857 bits per heavy atom. The average Bonchev–Trinajstić information content (AvgIpc) is 2.66. The highest BCUT2D eigenvalue weighted by Crippen LogP contribution is 2.53. The van der Waals surface area contributed by atoms with Crippen molar-refractivity contribution in [1.82, 2.24) is 4.90 Å². The summed E-state index contributed by atoms with van der Waals surface area (Å²) in [7, 11) is 0. The van der Waals surface area contributed by atoms with Crippen molar-refractivity contribution >= 4 is 5.69 Å². The highest BCUT2D eigenvalue weighted by atomic mass is 16.5. The van der Waals surface area contributed by atoms with Gasteiger partial charge in [0, 0.05) is 51.1 Å². The van der Waals surface area contributed by atoms with E-state index in [9.17, 15) is 0 Å². The Morgan fingerprint density at radius 2 is 1.46 bits per heavy atom. The van der Waals surface area contributed by atoms with Gasteiger partial charge in [0.05, 0.1) is 0 Å². The minimum atomic E-state index is 0.432. The molecule has 0 amide bonds. The zero-order valence-electron chi connectivity index (χ0n) is 18.5. The number of para-hydroxylation sites is 1. The van der Waals surface area contributed by atoms with E-state index in [1.165, 1.54) is 50.9 Å². The van der Waals surface area contributed by atoms with Crippen molar-refractivity contribution in [2.75, 3.05) is 44.3 Å². The van der Waals surface area contributed by atoms with Gasteiger partial charge < -0.3 is 9.64 Å². The van der Waals surface area contributed by atoms with E-state index in [-0.39, 0.29) is 0 Å². The number of piperazine rings is 1. The molecule has 1 aromatic carbocycles. The van der Waals surface area contributed by atoms with Crippen molar-refractivity contribution < 1.29 is 4.74 Å². The van der Waals surface area contributed by atoms with Crippen LogP contribution in [-0.4, -0.2) is 50.3 Å². The minimum Gasteiger partial charge on any atom is -0.381 e. The van der Waals surface area contributed by atoms with E-state index in [1.54, 1.807) is 5.56 Å². The average molecular weight is 385 g/mol. The summed E-state index contributed by atoms with van der Waals surface area (Å²) in [5, 5.41) is 0. The fourth-order valence-corrected chi connectivity index (χ4v) is 6.56. The molecule has 3 fully saturated rings. The van der Waals surface area contributed by atoms with Crippen LogP contribution in [-0.2, 0) is 4.74 Å². The molecule has 3 heteroatoms. The smallest absolute Gasteiger partial charge is 0.0480 e. The molecule has 0 unspecified atom stereocenters. The van der Waals surface area contributed by atoms with Crippen molar-refractivity contribution in [3.8, 4) is 0 Å². The summed E-state index contributed by atoms with van der Waals surface area (Å²) in [6.45, 7) is 16.5. The SMILES string of the molecule is CC1(C)CC(c2ccccc2N2CCN(C3CCOCC3)CC2)CC(C)(C)C1. The largest absolute Gasteiger partial charge is 0.381 e. The Bertz CT molecular complexity index is 638. The second-order valence-electron chi connectivity index (χ2n) is 11.0. The Kier molecular flexibility index (Phi) is 5.77. The normalized spacial score (nSPS) is 27.1. The number of ether oxygens (including phenoxy) is 1. The first-order chi connectivity index (χ1) is 13.3. The van der Waals surface area contributed by atoms with Gasteiger partial charge in [0.15, 0.2) is 0 Å². The van der Waals surface area contributed by atoms with Crippen molar-refractivity contribution in [3.63, 3.8) is 0 Å². The monoisotopic (exact) mass is 384 g/mol. The van der Waals surface area contributed by atoms with Gasteiger partial charge in [0.2, 0.25) is 0 Å². The summed E-state index contributed by atoms with van der Waals surface area (Å²) in [5.41, 5.74) is 3.97. The summed E-state index contributed by atoms with van der Waals surface area (Å²) in [6, 6.07) is 10.0. The minimum absolute atomic E-state index is 0.432. The van der Waals surface area contributed by atoms with Gasteiger partial charge in [-0.15, -0.1) is 0 Å². The Labute approximate surface area is 172 Å². The lowest BCUT2D eigenvalue weighted by atomic mass is 9.60. The third-order valence-electron chi connectivity index (χ3n) is 7.29. The molecule has 3 aliphatic rings. The molecule has 4 rings (SSSR count). The second kappa shape index (κ2) is 7.99. The molecule has 0 aromatic heterocycles. The van der Waals surface area contributed by atoms with Gasteiger partial charge in [-0.2, -0.15) is 0 Å². The lowest BCUT2D eigenvalue weighted by Crippen LogP contribution is -2.52. The Morgan fingerprint density at radius 3 is 2.11 bits per heavy atom. The second-order valence-corrected chi connectivity index (χ2v) is 11.0. The van der Waals surface area contributed by atoms with E-state index >= 15 is 0 Å². The van der Waals surface area contributed by atoms with Crippen LogP contribution in [0.15, 0.2) is 24.3 Å². The van der Waals surface area contributed by atoms with Crippen LogP contribution >= 0.6 is 0 Å². The fraction of sp³-hybridized carbons (Fsp3) is 0.760. The van der Waals surface area contributed by atoms with Gasteiger partial charge in [-0.1, -0.05) is 45.9 Å². The van der Waals surface area contributed by atoms with Crippen LogP contribution in [0.2, 0.25) is 0 Å². The molecule has 3 nitrogen and oxygen atoms in total. The van der Waals surface area contributed by atoms with Gasteiger partial charge in [0.25, 0.3) is 0 Å². The molecule has 0 bridgehead atoms. The van der Waals surface area contributed by atoms with Crippen LogP contribution in [0.25, 0.3) is 0 Å². The first kappa shape index (κ1) is 20.2. The lowest BCUT2D eigenvalue weighted by molar-refractivity contribution is 0.0321. The zero-order chi connectivity index (χ0) is 19.8. The standard InChI is InChI=1S/C25H40N2O/c1-24(2)17-20(18-25(3,4)19-24)22-7-5-6-8-23(22)27-13-11-26(12-14-27)21-9-15-28-16-10-21/h5-8,20-21H,9-19H2,1-4H3. The highest BCUT2D eigenvalue weighted by Gasteiger charge is 2.40. The number of nitrogens with zero attached hydrogens (tertiary/aromatic N) is 2. The molecule has 1 aliphatic carbocycles. The summed E-state index contributed by atoms with van der Waals surface area (Å²) in [4.78, 5) is 5.38. The molecule has 1 aromatic rings. The number of hydrogen-bond donors (Lipinski definition) is 0. The molecule has 2 aliphatic heterocycles. The van der Waals surface area contributed by atoms with E-state index in [0.717, 1.165) is 32.3 Å². The maximum absolute atomic E-state index is 5.56. The van der Waals surface area contributed by atoms with Gasteiger partial charge in [0.1, 0.15) is 0 Å². The molecule has 2 heterocycles. The van der Waals surface area contributed by atoms with Crippen LogP contribution < -0.4 is 4.90 Å². The number of hydrogen-bond acceptors (Lipinski definition) is 3. The van der Waals surface area contributed by atoms with Gasteiger partial charge in [-0.3, -0.25) is 4.90 Å². The predicted octanol–water partition coefficient (Wildman–Crippen LogP) is 5.31. The predicted molar refractivity (Wildman–Crippen MR) is 118 cm³/mol. The molecule has 0 atom stereocenters. The highest BCUT2D eigenvalue weighted by molar-refractivity contribution is 5.56. The summed E-state index contributed by atoms with van der Waals surface area (Å²) >= 11 is 0. The molecule has 1 saturated carbocycles. The van der Waals surface area contributed by atoms with E-state index in [4.69, 9.17) is 4.74 Å². The van der Waals surface area contributed by atoms with Gasteiger partial charge in [-0.25, -0.2) is 0 Å². The first-order valence-corrected chi connectivity index (χ1v) is 11.5. The fourth-order valence-electron chi connectivity index (χ4n) is 6.56. The maximum Gasteiger partial charge on any atom is 0.0480 e. The Balaban J connectivity index is 1.48. The van der Waals surface area contributed by atoms with Crippen molar-refractivity contribution in [2.24, 2.45) is 10.8 Å². The van der Waals surface area contributed by atoms with Gasteiger partial charge >= 0.3 is 0 Å². The summed E-state index contributed by atoms with van der Waals surface area (Å²) < 4.78 is 5.56. The molecule has 0 radical (unpaired) electrons. The summed E-state index contributed by atoms with van der Waals surface area (Å²) in [6.07, 6.45) is 6.39. The zero-order valence-corrected chi connectivity index (χ0v) is 18.5. The lowest BCUT2D eigenvalue weighted by Gasteiger charge is -2.47. The van der Waals surface area contributed by atoms with Crippen molar-refractivity contribution in [1.29, 1.82) is 0 Å². The van der Waals surface area contributed by atoms with E-state index in [0.29, 0.717) is 16.7 Å².